The summed E-state index contributed by atoms with van der Waals surface area (Å²) in [5, 5.41) is 14.8. The smallest absolute Gasteiger partial charge is 0.408 e. The van der Waals surface area contributed by atoms with Crippen molar-refractivity contribution in [2.75, 3.05) is 0 Å². The van der Waals surface area contributed by atoms with Gasteiger partial charge in [0.05, 0.1) is 6.07 Å². The van der Waals surface area contributed by atoms with E-state index in [9.17, 15) is 14.9 Å². The lowest BCUT2D eigenvalue weighted by molar-refractivity contribution is -0.123. The predicted octanol–water partition coefficient (Wildman–Crippen LogP) is 3.58. The van der Waals surface area contributed by atoms with Gasteiger partial charge in [0.2, 0.25) is 5.91 Å². The van der Waals surface area contributed by atoms with Gasteiger partial charge in [-0.1, -0.05) is 74.5 Å². The van der Waals surface area contributed by atoms with Gasteiger partial charge >= 0.3 is 6.09 Å². The van der Waals surface area contributed by atoms with Crippen LogP contribution in [0.3, 0.4) is 0 Å². The van der Waals surface area contributed by atoms with E-state index in [0.717, 1.165) is 11.1 Å². The molecule has 2 aromatic rings. The molecule has 0 unspecified atom stereocenters. The van der Waals surface area contributed by atoms with Crippen LogP contribution in [0.15, 0.2) is 60.7 Å². The summed E-state index contributed by atoms with van der Waals surface area (Å²) in [5.41, 5.74) is 1.81. The second kappa shape index (κ2) is 11.5. The van der Waals surface area contributed by atoms with Crippen LogP contribution in [0.5, 0.6) is 0 Å². The van der Waals surface area contributed by atoms with Crippen molar-refractivity contribution in [1.29, 1.82) is 5.26 Å². The molecule has 2 aromatic carbocycles. The zero-order valence-electron chi connectivity index (χ0n) is 16.8. The van der Waals surface area contributed by atoms with E-state index in [-0.39, 0.29) is 12.5 Å². The molecule has 0 aliphatic heterocycles. The molecule has 0 spiro atoms. The van der Waals surface area contributed by atoms with Crippen molar-refractivity contribution >= 4 is 12.0 Å². The van der Waals surface area contributed by atoms with Crippen LogP contribution < -0.4 is 10.6 Å². The van der Waals surface area contributed by atoms with Crippen LogP contribution in [0.25, 0.3) is 0 Å². The van der Waals surface area contributed by atoms with Crippen molar-refractivity contribution in [3.63, 3.8) is 0 Å². The summed E-state index contributed by atoms with van der Waals surface area (Å²) in [6, 6.07) is 19.5. The fraction of sp³-hybridized carbons (Fsp3) is 0.348. The Hall–Kier alpha value is -3.33. The molecule has 2 N–H and O–H groups in total. The number of rotatable bonds is 9. The first-order valence-electron chi connectivity index (χ1n) is 9.69. The maximum absolute atomic E-state index is 12.7. The predicted molar refractivity (Wildman–Crippen MR) is 111 cm³/mol. The van der Waals surface area contributed by atoms with E-state index in [0.29, 0.717) is 12.8 Å². The van der Waals surface area contributed by atoms with E-state index in [1.165, 1.54) is 0 Å². The summed E-state index contributed by atoms with van der Waals surface area (Å²) in [7, 11) is 0. The lowest BCUT2D eigenvalue weighted by atomic mass is 10.0. The molecule has 2 atom stereocenters. The first-order chi connectivity index (χ1) is 14.0. The van der Waals surface area contributed by atoms with Gasteiger partial charge in [0.25, 0.3) is 0 Å². The Morgan fingerprint density at radius 3 is 2.10 bits per heavy atom. The Kier molecular flexibility index (Phi) is 8.71. The minimum atomic E-state index is -0.773. The Bertz CT molecular complexity index is 816. The van der Waals surface area contributed by atoms with Gasteiger partial charge in [0.15, 0.2) is 0 Å². The SMILES string of the molecule is CC(C)C[C@H](NC(=O)OCc1ccccc1)C(=O)N[C@H](C#N)Cc1ccccc1. The van der Waals surface area contributed by atoms with Crippen molar-refractivity contribution < 1.29 is 14.3 Å². The van der Waals surface area contributed by atoms with Crippen molar-refractivity contribution in [1.82, 2.24) is 10.6 Å². The quantitative estimate of drug-likeness (QED) is 0.681. The number of carbonyl (C=O) groups excluding carboxylic acids is 2. The molecule has 0 saturated carbocycles. The minimum Gasteiger partial charge on any atom is -0.445 e. The van der Waals surface area contributed by atoms with Crippen molar-refractivity contribution in [2.24, 2.45) is 5.92 Å². The van der Waals surface area contributed by atoms with Crippen LogP contribution >= 0.6 is 0 Å². The highest BCUT2D eigenvalue weighted by atomic mass is 16.5. The highest BCUT2D eigenvalue weighted by Crippen LogP contribution is 2.08. The molecule has 2 amide bonds. The summed E-state index contributed by atoms with van der Waals surface area (Å²) in [4.78, 5) is 24.9. The largest absolute Gasteiger partial charge is 0.445 e. The maximum atomic E-state index is 12.7. The molecular weight excluding hydrogens is 366 g/mol. The van der Waals surface area contributed by atoms with Gasteiger partial charge in [-0.15, -0.1) is 0 Å². The molecule has 0 saturated heterocycles. The van der Waals surface area contributed by atoms with Crippen LogP contribution in [-0.2, 0) is 22.6 Å². The summed E-state index contributed by atoms with van der Waals surface area (Å²) in [6.07, 6.45) is 0.178. The summed E-state index contributed by atoms with van der Waals surface area (Å²) >= 11 is 0. The molecule has 6 heteroatoms. The third-order valence-electron chi connectivity index (χ3n) is 4.28. The van der Waals surface area contributed by atoms with E-state index in [4.69, 9.17) is 4.74 Å². The van der Waals surface area contributed by atoms with Gasteiger partial charge < -0.3 is 15.4 Å². The lowest BCUT2D eigenvalue weighted by Crippen LogP contribution is -2.50. The third kappa shape index (κ3) is 8.06. The van der Waals surface area contributed by atoms with Crippen molar-refractivity contribution in [3.05, 3.63) is 71.8 Å². The zero-order chi connectivity index (χ0) is 21.1. The first-order valence-corrected chi connectivity index (χ1v) is 9.69. The number of nitrogens with zero attached hydrogens (tertiary/aromatic N) is 1. The standard InChI is InChI=1S/C23H27N3O3/c1-17(2)13-21(26-23(28)29-16-19-11-7-4-8-12-19)22(27)25-20(15-24)14-18-9-5-3-6-10-18/h3-12,17,20-21H,13-14,16H2,1-2H3,(H,25,27)(H,26,28)/t20-,21-/m0/s1. The van der Waals surface area contributed by atoms with Crippen molar-refractivity contribution in [3.8, 4) is 6.07 Å². The topological polar surface area (TPSA) is 91.2 Å². The van der Waals surface area contributed by atoms with E-state index >= 15 is 0 Å². The van der Waals surface area contributed by atoms with Gasteiger partial charge in [-0.25, -0.2) is 4.79 Å². The number of nitrogens with one attached hydrogen (secondary N) is 2. The van der Waals surface area contributed by atoms with E-state index < -0.39 is 24.1 Å². The zero-order valence-corrected chi connectivity index (χ0v) is 16.8. The van der Waals surface area contributed by atoms with Gasteiger partial charge in [0.1, 0.15) is 18.7 Å². The van der Waals surface area contributed by atoms with Gasteiger partial charge in [-0.05, 0) is 23.5 Å². The summed E-state index contributed by atoms with van der Waals surface area (Å²) in [5.74, 6) is -0.215. The van der Waals surface area contributed by atoms with Crippen molar-refractivity contribution in [2.45, 2.75) is 45.4 Å². The Labute approximate surface area is 171 Å². The second-order valence-electron chi connectivity index (χ2n) is 7.27. The fourth-order valence-electron chi connectivity index (χ4n) is 2.86. The highest BCUT2D eigenvalue weighted by Gasteiger charge is 2.25. The first kappa shape index (κ1) is 22.0. The average molecular weight is 393 g/mol. The molecule has 0 aliphatic carbocycles. The van der Waals surface area contributed by atoms with Crippen LogP contribution in [0.2, 0.25) is 0 Å². The number of ether oxygens (including phenoxy) is 1. The molecule has 0 radical (unpaired) electrons. The summed E-state index contributed by atoms with van der Waals surface area (Å²) < 4.78 is 5.22. The minimum absolute atomic E-state index is 0.123. The van der Waals surface area contributed by atoms with Gasteiger partial charge in [-0.2, -0.15) is 5.26 Å². The third-order valence-corrected chi connectivity index (χ3v) is 4.28. The number of alkyl carbamates (subject to hydrolysis) is 1. The van der Waals surface area contributed by atoms with Crippen LogP contribution in [0.4, 0.5) is 4.79 Å². The monoisotopic (exact) mass is 393 g/mol. The second-order valence-corrected chi connectivity index (χ2v) is 7.27. The molecule has 152 valence electrons. The lowest BCUT2D eigenvalue weighted by Gasteiger charge is -2.21. The molecule has 0 heterocycles. The molecule has 2 rings (SSSR count). The highest BCUT2D eigenvalue weighted by molar-refractivity contribution is 5.86. The number of carbonyl (C=O) groups is 2. The number of benzene rings is 2. The number of hydrogen-bond acceptors (Lipinski definition) is 4. The fourth-order valence-corrected chi connectivity index (χ4v) is 2.86. The number of amides is 2. The van der Waals surface area contributed by atoms with E-state index in [2.05, 4.69) is 16.7 Å². The van der Waals surface area contributed by atoms with Crippen LogP contribution in [0, 0.1) is 17.2 Å². The Balaban J connectivity index is 1.93. The van der Waals surface area contributed by atoms with E-state index in [1.54, 1.807) is 0 Å². The number of nitriles is 1. The molecule has 0 aliphatic rings. The molecule has 0 fully saturated rings. The van der Waals surface area contributed by atoms with Gasteiger partial charge in [-0.3, -0.25) is 4.79 Å². The van der Waals surface area contributed by atoms with Gasteiger partial charge in [0, 0.05) is 6.42 Å². The molecule has 0 bridgehead atoms. The van der Waals surface area contributed by atoms with E-state index in [1.807, 2.05) is 74.5 Å². The van der Waals surface area contributed by atoms with Crippen LogP contribution in [0.1, 0.15) is 31.4 Å². The summed E-state index contributed by atoms with van der Waals surface area (Å²) in [6.45, 7) is 4.05. The van der Waals surface area contributed by atoms with Crippen LogP contribution in [-0.4, -0.2) is 24.1 Å². The molecule has 0 aromatic heterocycles. The normalized spacial score (nSPS) is 12.5. The molecule has 29 heavy (non-hydrogen) atoms. The number of hydrogen-bond donors (Lipinski definition) is 2. The average Bonchev–Trinajstić information content (AvgIpc) is 2.72. The molecule has 6 nitrogen and oxygen atoms in total. The maximum Gasteiger partial charge on any atom is 0.408 e. The Morgan fingerprint density at radius 2 is 1.55 bits per heavy atom. The Morgan fingerprint density at radius 1 is 0.966 bits per heavy atom. The molecular formula is C23H27N3O3.